The Morgan fingerprint density at radius 1 is 0.836 bits per heavy atom. The normalized spacial score (nSPS) is 15.9. The number of carbonyl (C=O) groups excluding carboxylic acids is 5. The number of rotatable bonds is 20. The fourth-order valence-corrected chi connectivity index (χ4v) is 5.82. The molecule has 3 rings (SSSR count). The molecule has 0 bridgehead atoms. The summed E-state index contributed by atoms with van der Waals surface area (Å²) in [5.74, 6) is -2.42. The number of hydrogen-bond donors (Lipinski definition) is 6. The van der Waals surface area contributed by atoms with Gasteiger partial charge in [0.25, 0.3) is 0 Å². The van der Waals surface area contributed by atoms with Crippen LogP contribution in [0.3, 0.4) is 0 Å². The lowest BCUT2D eigenvalue weighted by Gasteiger charge is -2.30. The predicted octanol–water partition coefficient (Wildman–Crippen LogP) is 3.00. The number of alkyl carbamates (subject to hydrolysis) is 1. The van der Waals surface area contributed by atoms with Gasteiger partial charge in [0.1, 0.15) is 29.9 Å². The van der Waals surface area contributed by atoms with Crippen LogP contribution >= 0.6 is 0 Å². The largest absolute Gasteiger partial charge is 0.444 e. The highest BCUT2D eigenvalue weighted by molar-refractivity contribution is 6.17. The summed E-state index contributed by atoms with van der Waals surface area (Å²) < 4.78 is 5.42. The number of aromatic nitrogens is 1. The summed E-state index contributed by atoms with van der Waals surface area (Å²) in [5, 5.41) is 25.3. The molecule has 0 fully saturated rings. The fraction of sp³-hybridized carbons (Fsp3) is 0.550. The Bertz CT molecular complexity index is 1600. The average Bonchev–Trinajstić information content (AvgIpc) is 3.64. The van der Waals surface area contributed by atoms with Crippen LogP contribution in [-0.2, 0) is 36.9 Å². The minimum atomic E-state index is -1.33. The molecule has 0 unspecified atom stereocenters. The molecule has 6 atom stereocenters. The first-order valence-electron chi connectivity index (χ1n) is 18.9. The second-order valence-corrected chi connectivity index (χ2v) is 15.2. The molecule has 55 heavy (non-hydrogen) atoms. The van der Waals surface area contributed by atoms with Crippen LogP contribution in [0.15, 0.2) is 64.7 Å². The van der Waals surface area contributed by atoms with Gasteiger partial charge in [-0.05, 0) is 56.7 Å². The van der Waals surface area contributed by atoms with E-state index in [0.29, 0.717) is 18.5 Å². The van der Waals surface area contributed by atoms with Gasteiger partial charge >= 0.3 is 6.09 Å². The number of ether oxygens (including phenoxy) is 1. The van der Waals surface area contributed by atoms with Crippen molar-refractivity contribution >= 4 is 42.2 Å². The lowest BCUT2D eigenvalue weighted by molar-refractivity contribution is -0.133. The number of carbonyl (C=O) groups is 5. The highest BCUT2D eigenvalue weighted by Gasteiger charge is 2.34. The molecule has 5 amide bonds. The van der Waals surface area contributed by atoms with Gasteiger partial charge in [0, 0.05) is 31.5 Å². The molecule has 15 heteroatoms. The molecule has 6 N–H and O–H groups in total. The molecule has 15 nitrogen and oxygen atoms in total. The summed E-state index contributed by atoms with van der Waals surface area (Å²) in [6, 6.07) is 10.4. The van der Waals surface area contributed by atoms with Crippen LogP contribution in [0.1, 0.15) is 85.4 Å². The van der Waals surface area contributed by atoms with Gasteiger partial charge in [-0.25, -0.2) is 4.79 Å². The van der Waals surface area contributed by atoms with E-state index in [1.165, 1.54) is 12.4 Å². The number of hydrogen-bond acceptors (Lipinski definition) is 10. The maximum Gasteiger partial charge on any atom is 0.408 e. The van der Waals surface area contributed by atoms with E-state index >= 15 is 0 Å². The van der Waals surface area contributed by atoms with Crippen molar-refractivity contribution in [1.29, 1.82) is 0 Å². The van der Waals surface area contributed by atoms with Gasteiger partial charge in [-0.3, -0.25) is 34.1 Å². The first-order valence-corrected chi connectivity index (χ1v) is 18.9. The minimum Gasteiger partial charge on any atom is -0.444 e. The fourth-order valence-electron chi connectivity index (χ4n) is 5.82. The summed E-state index contributed by atoms with van der Waals surface area (Å²) in [6.07, 6.45) is 2.46. The molecule has 1 aliphatic heterocycles. The van der Waals surface area contributed by atoms with E-state index in [9.17, 15) is 29.1 Å². The predicted molar refractivity (Wildman–Crippen MR) is 210 cm³/mol. The highest BCUT2D eigenvalue weighted by atomic mass is 16.6. The van der Waals surface area contributed by atoms with E-state index in [2.05, 4.69) is 41.6 Å². The van der Waals surface area contributed by atoms with Crippen LogP contribution in [0.25, 0.3) is 0 Å². The van der Waals surface area contributed by atoms with Gasteiger partial charge in [-0.2, -0.15) is 0 Å². The quantitative estimate of drug-likeness (QED) is 0.118. The SMILES string of the molecule is CC[C@H](C)[C@H](NC(=O)C[C@H](O)[C@H](CC(C)C)NC(=O)[C@H](CC1N=CC=N1)NC(=O)[C@H](Cc1ccccc1)NC(=O)OC(C)(C)C)C(=O)NCc1ccccn1. The third-order valence-electron chi connectivity index (χ3n) is 8.85. The number of benzene rings is 1. The molecular weight excluding hydrogens is 704 g/mol. The van der Waals surface area contributed by atoms with Gasteiger partial charge in [0.15, 0.2) is 0 Å². The second-order valence-electron chi connectivity index (χ2n) is 15.2. The molecule has 0 saturated carbocycles. The first-order chi connectivity index (χ1) is 26.0. The van der Waals surface area contributed by atoms with Gasteiger partial charge < -0.3 is 36.4 Å². The zero-order valence-electron chi connectivity index (χ0n) is 33.0. The average molecular weight is 763 g/mol. The van der Waals surface area contributed by atoms with Crippen LogP contribution in [0, 0.1) is 11.8 Å². The van der Waals surface area contributed by atoms with Crippen molar-refractivity contribution in [1.82, 2.24) is 31.6 Å². The molecule has 300 valence electrons. The summed E-state index contributed by atoms with van der Waals surface area (Å²) in [7, 11) is 0. The molecule has 0 saturated heterocycles. The number of nitrogens with one attached hydrogen (secondary N) is 5. The molecule has 0 radical (unpaired) electrons. The van der Waals surface area contributed by atoms with Gasteiger partial charge in [-0.15, -0.1) is 0 Å². The van der Waals surface area contributed by atoms with Crippen molar-refractivity contribution < 1.29 is 33.8 Å². The van der Waals surface area contributed by atoms with E-state index in [0.717, 1.165) is 5.56 Å². The number of pyridine rings is 1. The van der Waals surface area contributed by atoms with E-state index < -0.39 is 72.3 Å². The van der Waals surface area contributed by atoms with Crippen LogP contribution in [0.2, 0.25) is 0 Å². The number of aliphatic imine (C=N–C) groups is 2. The molecule has 1 aromatic carbocycles. The lowest BCUT2D eigenvalue weighted by Crippen LogP contribution is -2.58. The van der Waals surface area contributed by atoms with Crippen LogP contribution in [0.5, 0.6) is 0 Å². The maximum atomic E-state index is 14.0. The molecule has 2 heterocycles. The van der Waals surface area contributed by atoms with Crippen molar-refractivity contribution in [3.8, 4) is 0 Å². The Balaban J connectivity index is 1.76. The van der Waals surface area contributed by atoms with E-state index in [1.54, 1.807) is 39.1 Å². The van der Waals surface area contributed by atoms with Gasteiger partial charge in [-0.1, -0.05) is 70.5 Å². The van der Waals surface area contributed by atoms with Crippen molar-refractivity contribution in [3.63, 3.8) is 0 Å². The van der Waals surface area contributed by atoms with Crippen molar-refractivity contribution in [2.24, 2.45) is 21.8 Å². The summed E-state index contributed by atoms with van der Waals surface area (Å²) in [5.41, 5.74) is 0.619. The summed E-state index contributed by atoms with van der Waals surface area (Å²) >= 11 is 0. The van der Waals surface area contributed by atoms with Gasteiger partial charge in [0.05, 0.1) is 30.8 Å². The summed E-state index contributed by atoms with van der Waals surface area (Å²) in [6.45, 7) is 12.9. The second kappa shape index (κ2) is 21.6. The van der Waals surface area contributed by atoms with Crippen molar-refractivity contribution in [3.05, 3.63) is 66.0 Å². The Morgan fingerprint density at radius 3 is 2.09 bits per heavy atom. The number of amides is 5. The lowest BCUT2D eigenvalue weighted by atomic mass is 9.95. The Hall–Kier alpha value is -5.18. The first kappa shape index (κ1) is 44.2. The third-order valence-corrected chi connectivity index (χ3v) is 8.85. The minimum absolute atomic E-state index is 0.00129. The molecule has 0 spiro atoms. The Morgan fingerprint density at radius 2 is 1.49 bits per heavy atom. The van der Waals surface area contributed by atoms with E-state index in [-0.39, 0.29) is 37.1 Å². The number of aliphatic hydroxyl groups excluding tert-OH is 1. The van der Waals surface area contributed by atoms with Crippen molar-refractivity contribution in [2.75, 3.05) is 0 Å². The van der Waals surface area contributed by atoms with Gasteiger partial charge in [0.2, 0.25) is 23.6 Å². The Kier molecular flexibility index (Phi) is 17.4. The molecule has 1 aromatic heterocycles. The molecule has 0 aliphatic carbocycles. The standard InChI is InChI=1S/C40H58N8O7/c1-8-26(4)35(38(53)44-24-28-16-12-13-17-41-28)48-34(50)23-32(49)29(20-25(2)3)45-37(52)31(22-33-42-18-19-43-33)46-36(51)30(21-27-14-10-9-11-15-27)47-39(54)55-40(5,6)7/h9-19,25-26,29-33,35,49H,8,20-24H2,1-7H3,(H,44,53)(H,45,52)(H,46,51)(H,47,54)(H,48,50)/t26-,29-,30-,31-,32-,35-/m0/s1. The maximum absolute atomic E-state index is 14.0. The summed E-state index contributed by atoms with van der Waals surface area (Å²) in [4.78, 5) is 79.9. The zero-order valence-corrected chi connectivity index (χ0v) is 33.0. The smallest absolute Gasteiger partial charge is 0.408 e. The molecular formula is C40H58N8O7. The topological polar surface area (TPSA) is 213 Å². The molecule has 2 aromatic rings. The van der Waals surface area contributed by atoms with E-state index in [1.807, 2.05) is 64.1 Å². The number of aliphatic hydroxyl groups is 1. The zero-order chi connectivity index (χ0) is 40.5. The van der Waals surface area contributed by atoms with Crippen LogP contribution < -0.4 is 26.6 Å². The highest BCUT2D eigenvalue weighted by Crippen LogP contribution is 2.16. The molecule has 1 aliphatic rings. The van der Waals surface area contributed by atoms with Crippen molar-refractivity contribution in [2.45, 2.75) is 129 Å². The number of nitrogens with zero attached hydrogens (tertiary/aromatic N) is 3. The van der Waals surface area contributed by atoms with Crippen LogP contribution in [0.4, 0.5) is 4.79 Å². The van der Waals surface area contributed by atoms with Crippen LogP contribution in [-0.4, -0.2) is 94.3 Å². The third kappa shape index (κ3) is 16.0. The Labute approximate surface area is 324 Å². The monoisotopic (exact) mass is 762 g/mol. The van der Waals surface area contributed by atoms with E-state index in [4.69, 9.17) is 4.74 Å².